The van der Waals surface area contributed by atoms with Crippen LogP contribution in [0.25, 0.3) is 0 Å². The van der Waals surface area contributed by atoms with Crippen molar-refractivity contribution in [2.45, 2.75) is 58.5 Å². The normalized spacial score (nSPS) is 17.6. The lowest BCUT2D eigenvalue weighted by molar-refractivity contribution is 0.0728. The number of nitrogen functional groups attached to an aromatic ring is 1. The Morgan fingerprint density at radius 2 is 2.12 bits per heavy atom. The van der Waals surface area contributed by atoms with Crippen LogP contribution in [0.2, 0.25) is 0 Å². The number of nitrogens with zero attached hydrogens (tertiary/aromatic N) is 6. The van der Waals surface area contributed by atoms with E-state index in [9.17, 15) is 4.79 Å². The van der Waals surface area contributed by atoms with E-state index in [1.54, 1.807) is 17.9 Å². The third kappa shape index (κ3) is 3.01. The number of anilines is 1. The number of aryl methyl sites for hydroxylation is 1. The zero-order valence-corrected chi connectivity index (χ0v) is 15.4. The summed E-state index contributed by atoms with van der Waals surface area (Å²) in [6.45, 7) is 6.97. The van der Waals surface area contributed by atoms with Crippen molar-refractivity contribution in [3.05, 3.63) is 23.3 Å². The van der Waals surface area contributed by atoms with Crippen LogP contribution in [0.15, 0.2) is 6.20 Å². The van der Waals surface area contributed by atoms with Crippen LogP contribution >= 0.6 is 0 Å². The van der Waals surface area contributed by atoms with Crippen LogP contribution < -0.4 is 5.73 Å². The van der Waals surface area contributed by atoms with Gasteiger partial charge < -0.3 is 10.6 Å². The van der Waals surface area contributed by atoms with E-state index in [2.05, 4.69) is 29.0 Å². The van der Waals surface area contributed by atoms with Gasteiger partial charge in [-0.2, -0.15) is 15.2 Å². The van der Waals surface area contributed by atoms with Gasteiger partial charge in [0.1, 0.15) is 0 Å². The number of amides is 1. The van der Waals surface area contributed by atoms with Crippen LogP contribution in [-0.4, -0.2) is 41.9 Å². The van der Waals surface area contributed by atoms with E-state index in [1.807, 2.05) is 16.5 Å². The summed E-state index contributed by atoms with van der Waals surface area (Å²) in [5.74, 6) is 0.992. The van der Waals surface area contributed by atoms with Gasteiger partial charge in [-0.25, -0.2) is 4.68 Å². The van der Waals surface area contributed by atoms with Crippen molar-refractivity contribution in [3.63, 3.8) is 0 Å². The molecule has 0 aromatic carbocycles. The van der Waals surface area contributed by atoms with Gasteiger partial charge in [-0.3, -0.25) is 9.48 Å². The second-order valence-corrected chi connectivity index (χ2v) is 6.67. The minimum absolute atomic E-state index is 0.00299. The first kappa shape index (κ1) is 17.4. The van der Waals surface area contributed by atoms with E-state index < -0.39 is 0 Å². The summed E-state index contributed by atoms with van der Waals surface area (Å²) in [4.78, 5) is 19.3. The molecule has 1 atom stereocenters. The average Bonchev–Trinajstić information content (AvgIpc) is 3.29. The van der Waals surface area contributed by atoms with Crippen LogP contribution in [0.5, 0.6) is 0 Å². The van der Waals surface area contributed by atoms with Gasteiger partial charge in [0, 0.05) is 19.3 Å². The van der Waals surface area contributed by atoms with Crippen LogP contribution in [0, 0.1) is 6.92 Å². The average molecular weight is 345 g/mol. The molecule has 2 aromatic rings. The quantitative estimate of drug-likeness (QED) is 0.897. The Morgan fingerprint density at radius 1 is 1.40 bits per heavy atom. The molecule has 1 aliphatic heterocycles. The fourth-order valence-electron chi connectivity index (χ4n) is 3.63. The van der Waals surface area contributed by atoms with Gasteiger partial charge in [0.15, 0.2) is 5.82 Å². The van der Waals surface area contributed by atoms with Crippen molar-refractivity contribution in [2.75, 3.05) is 12.3 Å². The summed E-state index contributed by atoms with van der Waals surface area (Å²) in [6, 6.07) is 0.208. The molecule has 25 heavy (non-hydrogen) atoms. The van der Waals surface area contributed by atoms with Crippen molar-refractivity contribution in [2.24, 2.45) is 7.05 Å². The first-order valence-corrected chi connectivity index (χ1v) is 8.99. The van der Waals surface area contributed by atoms with Gasteiger partial charge in [0.25, 0.3) is 5.91 Å². The fraction of sp³-hybridized carbons (Fsp3) is 0.647. The first-order valence-electron chi connectivity index (χ1n) is 8.99. The van der Waals surface area contributed by atoms with Gasteiger partial charge in [0.2, 0.25) is 5.95 Å². The number of carbonyl (C=O) groups is 1. The van der Waals surface area contributed by atoms with Crippen LogP contribution in [-0.2, 0) is 7.05 Å². The first-order chi connectivity index (χ1) is 12.0. The standard InChI is InChI=1S/C17H27N7O/c1-5-12(6-2)24-11(3)13(10-19-24)16(25)23-9-7-8-14(23)15-20-17(18)22(4)21-15/h10,12,14H,5-9H2,1-4H3,(H2,18,20,21)/t14-/m1/s1. The molecule has 3 heterocycles. The predicted octanol–water partition coefficient (Wildman–Crippen LogP) is 2.24. The minimum atomic E-state index is -0.119. The molecule has 8 nitrogen and oxygen atoms in total. The second kappa shape index (κ2) is 6.85. The highest BCUT2D eigenvalue weighted by molar-refractivity contribution is 5.95. The fourth-order valence-corrected chi connectivity index (χ4v) is 3.63. The van der Waals surface area contributed by atoms with E-state index in [4.69, 9.17) is 5.73 Å². The molecule has 1 saturated heterocycles. The topological polar surface area (TPSA) is 94.9 Å². The van der Waals surface area contributed by atoms with Crippen LogP contribution in [0.4, 0.5) is 5.95 Å². The van der Waals surface area contributed by atoms with E-state index in [0.29, 0.717) is 29.9 Å². The molecule has 1 fully saturated rings. The molecule has 0 unspecified atom stereocenters. The molecule has 3 rings (SSSR count). The summed E-state index contributed by atoms with van der Waals surface area (Å²) in [7, 11) is 1.76. The third-order valence-electron chi connectivity index (χ3n) is 5.19. The number of carbonyl (C=O) groups excluding carboxylic acids is 1. The van der Waals surface area contributed by atoms with Gasteiger partial charge >= 0.3 is 0 Å². The molecule has 0 bridgehead atoms. The maximum Gasteiger partial charge on any atom is 0.257 e. The smallest absolute Gasteiger partial charge is 0.257 e. The molecule has 0 radical (unpaired) electrons. The molecule has 136 valence electrons. The Labute approximate surface area is 148 Å². The number of hydrogen-bond acceptors (Lipinski definition) is 5. The number of rotatable bonds is 5. The van der Waals surface area contributed by atoms with E-state index in [0.717, 1.165) is 31.4 Å². The van der Waals surface area contributed by atoms with Crippen LogP contribution in [0.3, 0.4) is 0 Å². The SMILES string of the molecule is CCC(CC)n1ncc(C(=O)N2CCC[C@@H]2c2nc(N)n(C)n2)c1C. The van der Waals surface area contributed by atoms with E-state index in [-0.39, 0.29) is 11.9 Å². The molecular formula is C17H27N7O. The highest BCUT2D eigenvalue weighted by atomic mass is 16.2. The molecule has 0 spiro atoms. The van der Waals surface area contributed by atoms with Gasteiger partial charge in [0.05, 0.1) is 23.8 Å². The van der Waals surface area contributed by atoms with Gasteiger partial charge in [-0.15, -0.1) is 0 Å². The Bertz CT molecular complexity index is 740. The van der Waals surface area contributed by atoms with Crippen molar-refractivity contribution < 1.29 is 4.79 Å². The molecular weight excluding hydrogens is 318 g/mol. The number of aromatic nitrogens is 5. The zero-order valence-electron chi connectivity index (χ0n) is 15.4. The molecule has 0 aliphatic carbocycles. The third-order valence-corrected chi connectivity index (χ3v) is 5.19. The summed E-state index contributed by atoms with van der Waals surface area (Å²) < 4.78 is 3.53. The van der Waals surface area contributed by atoms with Crippen molar-refractivity contribution in [3.8, 4) is 0 Å². The van der Waals surface area contributed by atoms with Gasteiger partial charge in [-0.1, -0.05) is 13.8 Å². The minimum Gasteiger partial charge on any atom is -0.368 e. The maximum absolute atomic E-state index is 13.1. The Balaban J connectivity index is 1.87. The summed E-state index contributed by atoms with van der Waals surface area (Å²) in [5, 5.41) is 8.85. The van der Waals surface area contributed by atoms with Crippen molar-refractivity contribution >= 4 is 11.9 Å². The van der Waals surface area contributed by atoms with E-state index >= 15 is 0 Å². The van der Waals surface area contributed by atoms with Gasteiger partial charge in [-0.05, 0) is 32.6 Å². The highest BCUT2D eigenvalue weighted by Gasteiger charge is 2.35. The van der Waals surface area contributed by atoms with E-state index in [1.165, 1.54) is 0 Å². The molecule has 2 N–H and O–H groups in total. The molecule has 8 heteroatoms. The molecule has 1 aliphatic rings. The lowest BCUT2D eigenvalue weighted by Gasteiger charge is -2.22. The Kier molecular flexibility index (Phi) is 4.78. The van der Waals surface area contributed by atoms with Crippen molar-refractivity contribution in [1.29, 1.82) is 0 Å². The molecule has 1 amide bonds. The van der Waals surface area contributed by atoms with Crippen molar-refractivity contribution in [1.82, 2.24) is 29.4 Å². The number of nitrogens with two attached hydrogens (primary N) is 1. The lowest BCUT2D eigenvalue weighted by Crippen LogP contribution is -2.31. The predicted molar refractivity (Wildman–Crippen MR) is 95.0 cm³/mol. The maximum atomic E-state index is 13.1. The lowest BCUT2D eigenvalue weighted by atomic mass is 10.1. The zero-order chi connectivity index (χ0) is 18.1. The number of hydrogen-bond donors (Lipinski definition) is 1. The molecule has 0 saturated carbocycles. The summed E-state index contributed by atoms with van der Waals surface area (Å²) >= 11 is 0. The summed E-state index contributed by atoms with van der Waals surface area (Å²) in [6.07, 6.45) is 5.49. The molecule has 2 aromatic heterocycles. The summed E-state index contributed by atoms with van der Waals surface area (Å²) in [5.41, 5.74) is 7.40. The largest absolute Gasteiger partial charge is 0.368 e. The van der Waals surface area contributed by atoms with Crippen LogP contribution in [0.1, 0.15) is 73.5 Å². The second-order valence-electron chi connectivity index (χ2n) is 6.67. The monoisotopic (exact) mass is 345 g/mol. The highest BCUT2D eigenvalue weighted by Crippen LogP contribution is 2.32. The Hall–Kier alpha value is -2.38. The number of likely N-dealkylation sites (tertiary alicyclic amines) is 1. The Morgan fingerprint density at radius 3 is 2.72 bits per heavy atom.